The number of anilines is 1. The Balaban J connectivity index is 1.79. The molecule has 0 unspecified atom stereocenters. The van der Waals surface area contributed by atoms with Gasteiger partial charge in [0.2, 0.25) is 0 Å². The Kier molecular flexibility index (Phi) is 4.15. The van der Waals surface area contributed by atoms with Crippen LogP contribution in [0.25, 0.3) is 11.0 Å². The van der Waals surface area contributed by atoms with Crippen LogP contribution in [0.5, 0.6) is 0 Å². The Morgan fingerprint density at radius 3 is 2.85 bits per heavy atom. The highest BCUT2D eigenvalue weighted by Gasteiger charge is 2.28. The van der Waals surface area contributed by atoms with E-state index >= 15 is 0 Å². The first-order chi connectivity index (χ1) is 12.5. The Labute approximate surface area is 155 Å². The number of fused-ring (bicyclic) bond motifs is 1. The lowest BCUT2D eigenvalue weighted by Gasteiger charge is -2.11. The number of pyridine rings is 1. The molecular weight excluding hydrogens is 355 g/mol. The molecule has 2 aromatic heterocycles. The van der Waals surface area contributed by atoms with Gasteiger partial charge < -0.3 is 5.32 Å². The molecular formula is C19H18ClFN4O. The lowest BCUT2D eigenvalue weighted by molar-refractivity contribution is 0.102. The third kappa shape index (κ3) is 2.94. The maximum atomic E-state index is 14.1. The molecule has 0 radical (unpaired) electrons. The number of halogens is 2. The van der Waals surface area contributed by atoms with Crippen LogP contribution >= 0.6 is 11.6 Å². The molecule has 1 aromatic carbocycles. The summed E-state index contributed by atoms with van der Waals surface area (Å²) in [4.78, 5) is 17.6. The Bertz CT molecular complexity index is 1010. The van der Waals surface area contributed by atoms with Crippen molar-refractivity contribution in [3.8, 4) is 0 Å². The van der Waals surface area contributed by atoms with Gasteiger partial charge in [-0.2, -0.15) is 5.10 Å². The van der Waals surface area contributed by atoms with Crippen LogP contribution in [0.15, 0.2) is 30.5 Å². The summed E-state index contributed by atoms with van der Waals surface area (Å²) in [6.07, 6.45) is 3.78. The van der Waals surface area contributed by atoms with Crippen molar-refractivity contribution >= 4 is 34.2 Å². The number of benzene rings is 1. The molecule has 1 saturated carbocycles. The van der Waals surface area contributed by atoms with E-state index in [9.17, 15) is 9.18 Å². The highest BCUT2D eigenvalue weighted by molar-refractivity contribution is 6.31. The highest BCUT2D eigenvalue weighted by atomic mass is 35.5. The fraction of sp³-hybridized carbons (Fsp3) is 0.316. The predicted octanol–water partition coefficient (Wildman–Crippen LogP) is 4.93. The van der Waals surface area contributed by atoms with Gasteiger partial charge in [-0.25, -0.2) is 14.1 Å². The van der Waals surface area contributed by atoms with E-state index in [2.05, 4.69) is 10.4 Å². The van der Waals surface area contributed by atoms with Crippen molar-refractivity contribution in [3.63, 3.8) is 0 Å². The first kappa shape index (κ1) is 17.0. The molecule has 0 bridgehead atoms. The summed E-state index contributed by atoms with van der Waals surface area (Å²) in [5, 5.41) is 7.62. The molecule has 0 saturated heterocycles. The average molecular weight is 373 g/mol. The fourth-order valence-electron chi connectivity index (χ4n) is 2.98. The van der Waals surface area contributed by atoms with Crippen LogP contribution in [0.1, 0.15) is 54.7 Å². The van der Waals surface area contributed by atoms with Crippen molar-refractivity contribution in [3.05, 3.63) is 52.6 Å². The SMILES string of the molecule is CC(C)n1ncc2c(C(=O)Nc3cccc(Cl)c3F)cc(C3CC3)nc21. The second-order valence-corrected chi connectivity index (χ2v) is 7.25. The van der Waals surface area contributed by atoms with Gasteiger partial charge in [0.25, 0.3) is 5.91 Å². The van der Waals surface area contributed by atoms with Crippen molar-refractivity contribution in [2.24, 2.45) is 0 Å². The maximum Gasteiger partial charge on any atom is 0.256 e. The number of hydrogen-bond donors (Lipinski definition) is 1. The molecule has 2 heterocycles. The van der Waals surface area contributed by atoms with Crippen LogP contribution in [0, 0.1) is 5.82 Å². The monoisotopic (exact) mass is 372 g/mol. The van der Waals surface area contributed by atoms with E-state index in [1.165, 1.54) is 12.1 Å². The van der Waals surface area contributed by atoms with Crippen LogP contribution < -0.4 is 5.32 Å². The summed E-state index contributed by atoms with van der Waals surface area (Å²) >= 11 is 5.80. The number of amides is 1. The zero-order valence-electron chi connectivity index (χ0n) is 14.5. The summed E-state index contributed by atoms with van der Waals surface area (Å²) < 4.78 is 15.9. The number of carbonyl (C=O) groups is 1. The second kappa shape index (κ2) is 6.36. The normalized spacial score (nSPS) is 14.2. The van der Waals surface area contributed by atoms with Gasteiger partial charge in [-0.1, -0.05) is 17.7 Å². The smallest absolute Gasteiger partial charge is 0.256 e. The van der Waals surface area contributed by atoms with E-state index in [-0.39, 0.29) is 16.8 Å². The van der Waals surface area contributed by atoms with E-state index < -0.39 is 11.7 Å². The number of rotatable bonds is 4. The van der Waals surface area contributed by atoms with E-state index in [1.54, 1.807) is 23.0 Å². The summed E-state index contributed by atoms with van der Waals surface area (Å²) in [5.41, 5.74) is 2.07. The van der Waals surface area contributed by atoms with Gasteiger partial charge in [-0.3, -0.25) is 4.79 Å². The minimum Gasteiger partial charge on any atom is -0.319 e. The first-order valence-electron chi connectivity index (χ1n) is 8.59. The molecule has 1 N–H and O–H groups in total. The fourth-order valence-corrected chi connectivity index (χ4v) is 3.16. The van der Waals surface area contributed by atoms with Crippen LogP contribution in [0.3, 0.4) is 0 Å². The Hall–Kier alpha value is -2.47. The molecule has 26 heavy (non-hydrogen) atoms. The van der Waals surface area contributed by atoms with Crippen LogP contribution in [-0.2, 0) is 0 Å². The third-order valence-electron chi connectivity index (χ3n) is 4.52. The molecule has 7 heteroatoms. The summed E-state index contributed by atoms with van der Waals surface area (Å²) in [6, 6.07) is 6.43. The maximum absolute atomic E-state index is 14.1. The molecule has 1 aliphatic rings. The molecule has 1 aliphatic carbocycles. The first-order valence-corrected chi connectivity index (χ1v) is 8.97. The van der Waals surface area contributed by atoms with E-state index in [0.29, 0.717) is 22.5 Å². The largest absolute Gasteiger partial charge is 0.319 e. The highest BCUT2D eigenvalue weighted by Crippen LogP contribution is 2.40. The van der Waals surface area contributed by atoms with Crippen molar-refractivity contribution in [2.45, 2.75) is 38.6 Å². The predicted molar refractivity (Wildman–Crippen MR) is 99.3 cm³/mol. The van der Waals surface area contributed by atoms with Crippen molar-refractivity contribution in [1.29, 1.82) is 0 Å². The summed E-state index contributed by atoms with van der Waals surface area (Å²) in [5.74, 6) is -0.666. The minimum atomic E-state index is -0.645. The van der Waals surface area contributed by atoms with Gasteiger partial charge in [0.15, 0.2) is 11.5 Å². The van der Waals surface area contributed by atoms with Crippen molar-refractivity contribution in [1.82, 2.24) is 14.8 Å². The number of carbonyl (C=O) groups excluding carboxylic acids is 1. The van der Waals surface area contributed by atoms with Gasteiger partial charge in [-0.15, -0.1) is 0 Å². The zero-order chi connectivity index (χ0) is 18.4. The molecule has 1 fully saturated rings. The summed E-state index contributed by atoms with van der Waals surface area (Å²) in [6.45, 7) is 4.03. The van der Waals surface area contributed by atoms with Crippen molar-refractivity contribution in [2.75, 3.05) is 5.32 Å². The third-order valence-corrected chi connectivity index (χ3v) is 4.81. The zero-order valence-corrected chi connectivity index (χ0v) is 15.2. The van der Waals surface area contributed by atoms with Gasteiger partial charge in [-0.05, 0) is 44.9 Å². The molecule has 3 aromatic rings. The topological polar surface area (TPSA) is 59.8 Å². The molecule has 0 aliphatic heterocycles. The lowest BCUT2D eigenvalue weighted by Crippen LogP contribution is -2.15. The number of nitrogens with one attached hydrogen (secondary N) is 1. The van der Waals surface area contributed by atoms with Crippen LogP contribution in [-0.4, -0.2) is 20.7 Å². The minimum absolute atomic E-state index is 0.0334. The van der Waals surface area contributed by atoms with Crippen LogP contribution in [0.4, 0.5) is 10.1 Å². The van der Waals surface area contributed by atoms with Gasteiger partial charge >= 0.3 is 0 Å². The molecule has 0 spiro atoms. The second-order valence-electron chi connectivity index (χ2n) is 6.84. The van der Waals surface area contributed by atoms with Crippen LogP contribution in [0.2, 0.25) is 5.02 Å². The Morgan fingerprint density at radius 2 is 2.15 bits per heavy atom. The molecule has 134 valence electrons. The lowest BCUT2D eigenvalue weighted by atomic mass is 10.1. The quantitative estimate of drug-likeness (QED) is 0.706. The number of hydrogen-bond acceptors (Lipinski definition) is 3. The van der Waals surface area contributed by atoms with Gasteiger partial charge in [0.1, 0.15) is 0 Å². The van der Waals surface area contributed by atoms with E-state index in [4.69, 9.17) is 16.6 Å². The van der Waals surface area contributed by atoms with E-state index in [0.717, 1.165) is 18.5 Å². The summed E-state index contributed by atoms with van der Waals surface area (Å²) in [7, 11) is 0. The number of nitrogens with zero attached hydrogens (tertiary/aromatic N) is 3. The molecule has 4 rings (SSSR count). The molecule has 5 nitrogen and oxygen atoms in total. The van der Waals surface area contributed by atoms with Gasteiger partial charge in [0.05, 0.1) is 27.9 Å². The molecule has 0 atom stereocenters. The van der Waals surface area contributed by atoms with E-state index in [1.807, 2.05) is 13.8 Å². The number of aromatic nitrogens is 3. The standard InChI is InChI=1S/C19H18ClFN4O/c1-10(2)25-18-13(9-22-25)12(8-16(23-18)11-6-7-11)19(26)24-15-5-3-4-14(20)17(15)21/h3-5,8-11H,6-7H2,1-2H3,(H,24,26). The average Bonchev–Trinajstić information content (AvgIpc) is 3.37. The molecule has 1 amide bonds. The van der Waals surface area contributed by atoms with Gasteiger partial charge in [0, 0.05) is 17.7 Å². The van der Waals surface area contributed by atoms with Crippen molar-refractivity contribution < 1.29 is 9.18 Å². The Morgan fingerprint density at radius 1 is 1.38 bits per heavy atom.